The zero-order valence-corrected chi connectivity index (χ0v) is 11.8. The highest BCUT2D eigenvalue weighted by Gasteiger charge is 2.19. The summed E-state index contributed by atoms with van der Waals surface area (Å²) in [6, 6.07) is 17.2. The minimum absolute atomic E-state index is 0.0926. The zero-order valence-electron chi connectivity index (χ0n) is 10.2. The summed E-state index contributed by atoms with van der Waals surface area (Å²) in [5.41, 5.74) is 0.387. The molecule has 2 aromatic rings. The number of benzene rings is 2. The van der Waals surface area contributed by atoms with Gasteiger partial charge in [0.1, 0.15) is 12.1 Å². The standard InChI is InChI=1S/C12H12FN3O2S2/c13-15(16(18)19-12-9-5-2-6-10-12)20-14(17)11-7-3-1-4-8-11/h1-10,17-18H. The van der Waals surface area contributed by atoms with Gasteiger partial charge in [-0.1, -0.05) is 36.4 Å². The van der Waals surface area contributed by atoms with E-state index in [9.17, 15) is 14.9 Å². The first-order valence-corrected chi connectivity index (χ1v) is 7.07. The van der Waals surface area contributed by atoms with Gasteiger partial charge in [0.2, 0.25) is 0 Å². The molecule has 0 radical (unpaired) electrons. The molecule has 20 heavy (non-hydrogen) atoms. The molecule has 0 saturated heterocycles. The fraction of sp³-hybridized carbons (Fsp3) is 0. The lowest BCUT2D eigenvalue weighted by Gasteiger charge is -2.22. The van der Waals surface area contributed by atoms with Crippen LogP contribution in [-0.4, -0.2) is 19.6 Å². The van der Waals surface area contributed by atoms with Crippen molar-refractivity contribution >= 4 is 29.8 Å². The largest absolute Gasteiger partial charge is 0.286 e. The number of anilines is 1. The first-order valence-electron chi connectivity index (χ1n) is 5.57. The molecular formula is C12H12FN3O2S2. The number of nitrogens with zero attached hydrogens (tertiary/aromatic N) is 3. The highest BCUT2D eigenvalue weighted by Crippen LogP contribution is 2.29. The Balaban J connectivity index is 1.89. The third-order valence-corrected chi connectivity index (χ3v) is 3.73. The van der Waals surface area contributed by atoms with Gasteiger partial charge in [-0.05, 0) is 28.8 Å². The number of halogens is 1. The Morgan fingerprint density at radius 1 is 0.850 bits per heavy atom. The zero-order chi connectivity index (χ0) is 14.4. The van der Waals surface area contributed by atoms with E-state index in [1.165, 1.54) is 0 Å². The predicted octanol–water partition coefficient (Wildman–Crippen LogP) is 3.95. The molecular weight excluding hydrogens is 301 g/mol. The van der Waals surface area contributed by atoms with E-state index in [1.54, 1.807) is 54.6 Å². The predicted molar refractivity (Wildman–Crippen MR) is 77.2 cm³/mol. The molecule has 0 aliphatic rings. The smallest absolute Gasteiger partial charge is 0.120 e. The maximum atomic E-state index is 13.7. The molecule has 0 saturated carbocycles. The molecule has 0 fully saturated rings. The molecule has 0 aliphatic heterocycles. The van der Waals surface area contributed by atoms with Crippen molar-refractivity contribution in [1.82, 2.24) is 9.21 Å². The van der Waals surface area contributed by atoms with Crippen LogP contribution in [0.5, 0.6) is 0 Å². The first-order chi connectivity index (χ1) is 9.66. The Morgan fingerprint density at radius 2 is 1.40 bits per heavy atom. The van der Waals surface area contributed by atoms with Crippen LogP contribution in [0.15, 0.2) is 65.6 Å². The minimum Gasteiger partial charge on any atom is -0.286 e. The topological polar surface area (TPSA) is 50.2 Å². The summed E-state index contributed by atoms with van der Waals surface area (Å²) in [6.45, 7) is 0. The van der Waals surface area contributed by atoms with Gasteiger partial charge in [0, 0.05) is 21.5 Å². The van der Waals surface area contributed by atoms with Crippen LogP contribution in [0, 0.1) is 0 Å². The molecule has 0 aromatic heterocycles. The fourth-order valence-electron chi connectivity index (χ4n) is 1.31. The summed E-state index contributed by atoms with van der Waals surface area (Å²) < 4.78 is 14.5. The summed E-state index contributed by atoms with van der Waals surface area (Å²) in [5, 5.41) is 19.2. The van der Waals surface area contributed by atoms with Crippen molar-refractivity contribution in [3.05, 3.63) is 60.7 Å². The summed E-state index contributed by atoms with van der Waals surface area (Å²) >= 11 is 1.06. The summed E-state index contributed by atoms with van der Waals surface area (Å²) in [5.74, 6) is 0. The number of hydrazine groups is 1. The van der Waals surface area contributed by atoms with Gasteiger partial charge in [0.15, 0.2) is 0 Å². The second-order valence-electron chi connectivity index (χ2n) is 3.57. The quantitative estimate of drug-likeness (QED) is 0.476. The minimum atomic E-state index is -0.0926. The molecule has 106 valence electrons. The van der Waals surface area contributed by atoms with Crippen molar-refractivity contribution in [1.29, 1.82) is 0 Å². The van der Waals surface area contributed by atoms with Crippen LogP contribution in [0.1, 0.15) is 0 Å². The Morgan fingerprint density at radius 3 is 2.00 bits per heavy atom. The molecule has 8 heteroatoms. The van der Waals surface area contributed by atoms with Gasteiger partial charge in [0.25, 0.3) is 0 Å². The SMILES string of the molecule is ON(SN(F)N(O)Sc1ccccc1)c1ccccc1. The second-order valence-corrected chi connectivity index (χ2v) is 5.36. The van der Waals surface area contributed by atoms with Crippen LogP contribution in [0.25, 0.3) is 0 Å². The highest BCUT2D eigenvalue weighted by molar-refractivity contribution is 8.00. The van der Waals surface area contributed by atoms with Gasteiger partial charge >= 0.3 is 0 Å². The van der Waals surface area contributed by atoms with Gasteiger partial charge in [-0.3, -0.25) is 10.4 Å². The highest BCUT2D eigenvalue weighted by atomic mass is 32.2. The average molecular weight is 313 g/mol. The molecule has 0 unspecified atom stereocenters. The Hall–Kier alpha value is -1.29. The molecule has 0 heterocycles. The van der Waals surface area contributed by atoms with Crippen molar-refractivity contribution in [2.75, 3.05) is 4.47 Å². The summed E-state index contributed by atoms with van der Waals surface area (Å²) in [6.07, 6.45) is 0. The van der Waals surface area contributed by atoms with E-state index in [2.05, 4.69) is 0 Å². The van der Waals surface area contributed by atoms with Gasteiger partial charge in [-0.2, -0.15) is 4.47 Å². The van der Waals surface area contributed by atoms with E-state index < -0.39 is 0 Å². The maximum Gasteiger partial charge on any atom is 0.120 e. The molecule has 0 atom stereocenters. The van der Waals surface area contributed by atoms with E-state index in [0.717, 1.165) is 11.9 Å². The number of hydrogen-bond acceptors (Lipinski definition) is 7. The maximum absolute atomic E-state index is 13.7. The molecule has 2 N–H and O–H groups in total. The molecule has 0 bridgehead atoms. The van der Waals surface area contributed by atoms with Crippen LogP contribution in [0.2, 0.25) is 0 Å². The normalized spacial score (nSPS) is 11.1. The summed E-state index contributed by atoms with van der Waals surface area (Å²) in [4.78, 5) is 0.655. The van der Waals surface area contributed by atoms with Crippen molar-refractivity contribution in [3.8, 4) is 0 Å². The van der Waals surface area contributed by atoms with Gasteiger partial charge in [-0.25, -0.2) is 0 Å². The average Bonchev–Trinajstić information content (AvgIpc) is 2.49. The summed E-state index contributed by atoms with van der Waals surface area (Å²) in [7, 11) is 0. The third-order valence-electron chi connectivity index (χ3n) is 2.19. The van der Waals surface area contributed by atoms with E-state index >= 15 is 0 Å². The van der Waals surface area contributed by atoms with Crippen LogP contribution in [-0.2, 0) is 0 Å². The monoisotopic (exact) mass is 313 g/mol. The molecule has 5 nitrogen and oxygen atoms in total. The van der Waals surface area contributed by atoms with Crippen LogP contribution >= 0.6 is 24.1 Å². The fourth-order valence-corrected chi connectivity index (χ4v) is 2.43. The second kappa shape index (κ2) is 7.48. The van der Waals surface area contributed by atoms with E-state index in [-0.39, 0.29) is 9.21 Å². The Bertz CT molecular complexity index is 521. The van der Waals surface area contributed by atoms with Crippen LogP contribution in [0.3, 0.4) is 0 Å². The van der Waals surface area contributed by atoms with E-state index in [4.69, 9.17) is 0 Å². The van der Waals surface area contributed by atoms with Crippen molar-refractivity contribution in [2.45, 2.75) is 4.90 Å². The van der Waals surface area contributed by atoms with Crippen LogP contribution in [0.4, 0.5) is 10.2 Å². The van der Waals surface area contributed by atoms with E-state index in [0.29, 0.717) is 27.2 Å². The van der Waals surface area contributed by atoms with Gasteiger partial charge in [-0.15, -0.1) is 4.48 Å². The molecule has 0 spiro atoms. The van der Waals surface area contributed by atoms with Crippen molar-refractivity contribution < 1.29 is 14.9 Å². The number of hydrogen-bond donors (Lipinski definition) is 2. The molecule has 2 rings (SSSR count). The lowest BCUT2D eigenvalue weighted by Crippen LogP contribution is -2.26. The van der Waals surface area contributed by atoms with Crippen molar-refractivity contribution in [3.63, 3.8) is 0 Å². The molecule has 0 amide bonds. The first kappa shape index (κ1) is 15.1. The van der Waals surface area contributed by atoms with Crippen LogP contribution < -0.4 is 4.47 Å². The molecule has 2 aromatic carbocycles. The number of para-hydroxylation sites is 1. The lowest BCUT2D eigenvalue weighted by atomic mass is 10.3. The lowest BCUT2D eigenvalue weighted by molar-refractivity contribution is -0.185. The van der Waals surface area contributed by atoms with Crippen molar-refractivity contribution in [2.24, 2.45) is 0 Å². The Kier molecular flexibility index (Phi) is 5.65. The van der Waals surface area contributed by atoms with Gasteiger partial charge < -0.3 is 0 Å². The van der Waals surface area contributed by atoms with Gasteiger partial charge in [0.05, 0.1) is 5.69 Å². The Labute approximate surface area is 124 Å². The molecule has 0 aliphatic carbocycles. The van der Waals surface area contributed by atoms with E-state index in [1.807, 2.05) is 6.07 Å². The third kappa shape index (κ3) is 4.37. The number of rotatable bonds is 6.